The zero-order valence-electron chi connectivity index (χ0n) is 16.6. The van der Waals surface area contributed by atoms with Gasteiger partial charge in [-0.15, -0.1) is 0 Å². The number of amides is 1. The molecule has 156 valence electrons. The summed E-state index contributed by atoms with van der Waals surface area (Å²) in [7, 11) is 0. The number of rotatable bonds is 7. The van der Waals surface area contributed by atoms with Gasteiger partial charge in [0.2, 0.25) is 5.91 Å². The minimum Gasteiger partial charge on any atom is -0.368 e. The molecule has 0 spiro atoms. The van der Waals surface area contributed by atoms with E-state index in [1.54, 1.807) is 6.07 Å². The first-order chi connectivity index (χ1) is 13.9. The second kappa shape index (κ2) is 10.4. The minimum absolute atomic E-state index is 0.0235. The SMILES string of the molecule is CCC(C)NC(=O)CSc1nc(Cl)cc(N2CCN(c3cccc(Cl)c3)CC2)n1. The van der Waals surface area contributed by atoms with Gasteiger partial charge in [0.1, 0.15) is 11.0 Å². The van der Waals surface area contributed by atoms with Crippen molar-refractivity contribution in [2.75, 3.05) is 41.7 Å². The molecule has 29 heavy (non-hydrogen) atoms. The van der Waals surface area contributed by atoms with E-state index in [0.29, 0.717) is 10.3 Å². The molecule has 1 aromatic heterocycles. The summed E-state index contributed by atoms with van der Waals surface area (Å²) in [5.74, 6) is 1.04. The number of halogens is 2. The van der Waals surface area contributed by atoms with E-state index < -0.39 is 0 Å². The number of hydrogen-bond acceptors (Lipinski definition) is 6. The summed E-state index contributed by atoms with van der Waals surface area (Å²) < 4.78 is 0. The number of anilines is 2. The molecule has 1 aliphatic heterocycles. The van der Waals surface area contributed by atoms with Crippen LogP contribution in [-0.4, -0.2) is 53.8 Å². The molecule has 1 fully saturated rings. The highest BCUT2D eigenvalue weighted by Gasteiger charge is 2.20. The Morgan fingerprint density at radius 3 is 2.59 bits per heavy atom. The van der Waals surface area contributed by atoms with Crippen LogP contribution in [0.2, 0.25) is 10.2 Å². The molecule has 2 heterocycles. The van der Waals surface area contributed by atoms with Crippen molar-refractivity contribution in [2.45, 2.75) is 31.5 Å². The number of nitrogens with one attached hydrogen (secondary N) is 1. The molecular formula is C20H25Cl2N5OS. The Labute approximate surface area is 186 Å². The van der Waals surface area contributed by atoms with E-state index in [4.69, 9.17) is 23.2 Å². The molecule has 1 aliphatic rings. The van der Waals surface area contributed by atoms with Crippen LogP contribution in [-0.2, 0) is 4.79 Å². The lowest BCUT2D eigenvalue weighted by molar-refractivity contribution is -0.119. The fourth-order valence-corrected chi connectivity index (χ4v) is 4.10. The number of benzene rings is 1. The molecular weight excluding hydrogens is 429 g/mol. The Hall–Kier alpha value is -1.70. The van der Waals surface area contributed by atoms with E-state index in [1.165, 1.54) is 11.8 Å². The predicted octanol–water partition coefficient (Wildman–Crippen LogP) is 4.12. The Morgan fingerprint density at radius 2 is 1.90 bits per heavy atom. The molecule has 0 saturated carbocycles. The number of carbonyl (C=O) groups is 1. The predicted molar refractivity (Wildman–Crippen MR) is 122 cm³/mol. The molecule has 9 heteroatoms. The second-order valence-electron chi connectivity index (χ2n) is 6.95. The number of carbonyl (C=O) groups excluding carboxylic acids is 1. The monoisotopic (exact) mass is 453 g/mol. The van der Waals surface area contributed by atoms with Crippen molar-refractivity contribution in [1.82, 2.24) is 15.3 Å². The maximum absolute atomic E-state index is 12.0. The number of hydrogen-bond donors (Lipinski definition) is 1. The summed E-state index contributed by atoms with van der Waals surface area (Å²) in [5, 5.41) is 4.59. The first-order valence-electron chi connectivity index (χ1n) is 9.67. The van der Waals surface area contributed by atoms with Gasteiger partial charge in [0, 0.05) is 49.0 Å². The third-order valence-electron chi connectivity index (χ3n) is 4.79. The molecule has 0 bridgehead atoms. The summed E-state index contributed by atoms with van der Waals surface area (Å²) >= 11 is 13.6. The van der Waals surface area contributed by atoms with Crippen LogP contribution in [0.1, 0.15) is 20.3 Å². The van der Waals surface area contributed by atoms with Crippen LogP contribution in [0.3, 0.4) is 0 Å². The van der Waals surface area contributed by atoms with Gasteiger partial charge < -0.3 is 15.1 Å². The summed E-state index contributed by atoms with van der Waals surface area (Å²) in [6.45, 7) is 7.39. The zero-order chi connectivity index (χ0) is 20.8. The molecule has 2 aromatic rings. The van der Waals surface area contributed by atoms with Gasteiger partial charge in [0.05, 0.1) is 5.75 Å². The number of aromatic nitrogens is 2. The van der Waals surface area contributed by atoms with Crippen molar-refractivity contribution in [1.29, 1.82) is 0 Å². The highest BCUT2D eigenvalue weighted by Crippen LogP contribution is 2.25. The molecule has 0 radical (unpaired) electrons. The first kappa shape index (κ1) is 22.0. The minimum atomic E-state index is -0.0235. The molecule has 0 aliphatic carbocycles. The van der Waals surface area contributed by atoms with E-state index in [-0.39, 0.29) is 17.7 Å². The highest BCUT2D eigenvalue weighted by molar-refractivity contribution is 7.99. The van der Waals surface area contributed by atoms with E-state index in [1.807, 2.05) is 32.0 Å². The van der Waals surface area contributed by atoms with Gasteiger partial charge >= 0.3 is 0 Å². The molecule has 1 amide bonds. The average Bonchev–Trinajstić information content (AvgIpc) is 2.72. The van der Waals surface area contributed by atoms with E-state index in [0.717, 1.165) is 49.1 Å². The van der Waals surface area contributed by atoms with Crippen molar-refractivity contribution in [3.05, 3.63) is 40.5 Å². The van der Waals surface area contributed by atoms with Crippen LogP contribution in [0, 0.1) is 0 Å². The van der Waals surface area contributed by atoms with Gasteiger partial charge in [-0.3, -0.25) is 4.79 Å². The topological polar surface area (TPSA) is 61.4 Å². The Bertz CT molecular complexity index is 845. The molecule has 1 unspecified atom stereocenters. The number of nitrogens with zero attached hydrogens (tertiary/aromatic N) is 4. The lowest BCUT2D eigenvalue weighted by Crippen LogP contribution is -2.46. The quantitative estimate of drug-likeness (QED) is 0.386. The fourth-order valence-electron chi connectivity index (χ4n) is 3.03. The van der Waals surface area contributed by atoms with Crippen molar-refractivity contribution in [2.24, 2.45) is 0 Å². The largest absolute Gasteiger partial charge is 0.368 e. The average molecular weight is 454 g/mol. The molecule has 1 saturated heterocycles. The van der Waals surface area contributed by atoms with Crippen LogP contribution in [0.4, 0.5) is 11.5 Å². The van der Waals surface area contributed by atoms with Crippen molar-refractivity contribution < 1.29 is 4.79 Å². The summed E-state index contributed by atoms with van der Waals surface area (Å²) in [6, 6.07) is 9.84. The molecule has 1 aromatic carbocycles. The normalized spacial score (nSPS) is 15.3. The lowest BCUT2D eigenvalue weighted by atomic mass is 10.2. The van der Waals surface area contributed by atoms with Crippen molar-refractivity contribution in [3.8, 4) is 0 Å². The van der Waals surface area contributed by atoms with Gasteiger partial charge in [-0.25, -0.2) is 9.97 Å². The zero-order valence-corrected chi connectivity index (χ0v) is 18.9. The second-order valence-corrected chi connectivity index (χ2v) is 8.72. The van der Waals surface area contributed by atoms with E-state index in [2.05, 4.69) is 31.2 Å². The Kier molecular flexibility index (Phi) is 7.86. The number of piperazine rings is 1. The fraction of sp³-hybridized carbons (Fsp3) is 0.450. The van der Waals surface area contributed by atoms with Crippen LogP contribution in [0.15, 0.2) is 35.5 Å². The highest BCUT2D eigenvalue weighted by atomic mass is 35.5. The standard InChI is InChI=1S/C20H25Cl2N5OS/c1-3-14(2)23-19(28)13-29-20-24-17(22)12-18(25-20)27-9-7-26(8-10-27)16-6-4-5-15(21)11-16/h4-6,11-12,14H,3,7-10,13H2,1-2H3,(H,23,28). The van der Waals surface area contributed by atoms with Crippen molar-refractivity contribution in [3.63, 3.8) is 0 Å². The van der Waals surface area contributed by atoms with Crippen LogP contribution >= 0.6 is 35.0 Å². The maximum Gasteiger partial charge on any atom is 0.230 e. The molecule has 1 N–H and O–H groups in total. The molecule has 6 nitrogen and oxygen atoms in total. The molecule has 1 atom stereocenters. The van der Waals surface area contributed by atoms with Gasteiger partial charge in [-0.1, -0.05) is 48.0 Å². The summed E-state index contributed by atoms with van der Waals surface area (Å²) in [4.78, 5) is 25.4. The summed E-state index contributed by atoms with van der Waals surface area (Å²) in [5.41, 5.74) is 1.13. The van der Waals surface area contributed by atoms with Gasteiger partial charge in [0.25, 0.3) is 0 Å². The van der Waals surface area contributed by atoms with E-state index in [9.17, 15) is 4.79 Å². The Balaban J connectivity index is 1.59. The van der Waals surface area contributed by atoms with Crippen molar-refractivity contribution >= 4 is 52.4 Å². The third kappa shape index (κ3) is 6.39. The van der Waals surface area contributed by atoms with Crippen LogP contribution in [0.5, 0.6) is 0 Å². The Morgan fingerprint density at radius 1 is 1.17 bits per heavy atom. The van der Waals surface area contributed by atoms with Gasteiger partial charge in [-0.05, 0) is 31.5 Å². The van der Waals surface area contributed by atoms with Gasteiger partial charge in [0.15, 0.2) is 5.16 Å². The first-order valence-corrected chi connectivity index (χ1v) is 11.4. The summed E-state index contributed by atoms with van der Waals surface area (Å²) in [6.07, 6.45) is 0.898. The lowest BCUT2D eigenvalue weighted by Gasteiger charge is -2.36. The van der Waals surface area contributed by atoms with Crippen LogP contribution in [0.25, 0.3) is 0 Å². The molecule has 3 rings (SSSR count). The van der Waals surface area contributed by atoms with Crippen LogP contribution < -0.4 is 15.1 Å². The van der Waals surface area contributed by atoms with E-state index >= 15 is 0 Å². The smallest absolute Gasteiger partial charge is 0.230 e. The third-order valence-corrected chi connectivity index (χ3v) is 6.07. The van der Waals surface area contributed by atoms with Gasteiger partial charge in [-0.2, -0.15) is 0 Å². The number of thioether (sulfide) groups is 1. The maximum atomic E-state index is 12.0.